The van der Waals surface area contributed by atoms with Crippen LogP contribution >= 0.6 is 0 Å². The van der Waals surface area contributed by atoms with Gasteiger partial charge in [0.15, 0.2) is 5.82 Å². The molecule has 3 heterocycles. The number of rotatable bonds is 7. The number of pyridine rings is 2. The predicted octanol–water partition coefficient (Wildman–Crippen LogP) is 5.59. The molecule has 2 aromatic carbocycles. The van der Waals surface area contributed by atoms with Crippen molar-refractivity contribution in [3.05, 3.63) is 107 Å². The molecule has 1 fully saturated rings. The number of aryl methyl sites for hydroxylation is 1. The van der Waals surface area contributed by atoms with E-state index in [4.69, 9.17) is 5.10 Å². The summed E-state index contributed by atoms with van der Waals surface area (Å²) in [6.07, 6.45) is 9.34. The van der Waals surface area contributed by atoms with Crippen LogP contribution in [-0.4, -0.2) is 37.2 Å². The van der Waals surface area contributed by atoms with Gasteiger partial charge in [-0.2, -0.15) is 5.10 Å². The molecule has 1 unspecified atom stereocenters. The van der Waals surface area contributed by atoms with Gasteiger partial charge in [0.1, 0.15) is 6.04 Å². The van der Waals surface area contributed by atoms with Gasteiger partial charge in [-0.3, -0.25) is 14.4 Å². The van der Waals surface area contributed by atoms with Crippen LogP contribution in [0, 0.1) is 0 Å². The third-order valence-electron chi connectivity index (χ3n) is 8.16. The molecule has 0 aliphatic heterocycles. The van der Waals surface area contributed by atoms with Crippen LogP contribution in [0.1, 0.15) is 61.0 Å². The molecule has 0 bridgehead atoms. The minimum absolute atomic E-state index is 0.0928. The maximum atomic E-state index is 13.2. The SMILES string of the molecule is CC(NC(=O)c1ccc2c(C3CCCCC3)n(-c3ccccn3)nc2c1)C(=O)Nc1ccc(-c2ccn(C)c(=O)c2)cc1. The molecule has 218 valence electrons. The van der Waals surface area contributed by atoms with Crippen molar-refractivity contribution in [3.8, 4) is 16.9 Å². The Labute approximate surface area is 249 Å². The van der Waals surface area contributed by atoms with Gasteiger partial charge in [-0.1, -0.05) is 43.5 Å². The fourth-order valence-corrected chi connectivity index (χ4v) is 5.74. The Hall–Kier alpha value is -5.05. The molecule has 6 rings (SSSR count). The van der Waals surface area contributed by atoms with Crippen molar-refractivity contribution in [2.45, 2.75) is 51.0 Å². The van der Waals surface area contributed by atoms with Gasteiger partial charge in [-0.05, 0) is 73.4 Å². The smallest absolute Gasteiger partial charge is 0.251 e. The van der Waals surface area contributed by atoms with Gasteiger partial charge in [0, 0.05) is 48.1 Å². The lowest BCUT2D eigenvalue weighted by Gasteiger charge is -2.22. The van der Waals surface area contributed by atoms with Crippen LogP contribution in [0.15, 0.2) is 90.0 Å². The molecule has 5 aromatic rings. The first-order valence-corrected chi connectivity index (χ1v) is 14.7. The van der Waals surface area contributed by atoms with Crippen molar-refractivity contribution in [1.29, 1.82) is 0 Å². The topological polar surface area (TPSA) is 111 Å². The molecule has 2 N–H and O–H groups in total. The van der Waals surface area contributed by atoms with Gasteiger partial charge in [-0.25, -0.2) is 9.67 Å². The number of carbonyl (C=O) groups excluding carboxylic acids is 2. The zero-order valence-electron chi connectivity index (χ0n) is 24.3. The summed E-state index contributed by atoms with van der Waals surface area (Å²) in [5, 5.41) is 11.6. The molecule has 1 aliphatic carbocycles. The van der Waals surface area contributed by atoms with Gasteiger partial charge in [-0.15, -0.1) is 0 Å². The number of carbonyl (C=O) groups is 2. The van der Waals surface area contributed by atoms with Crippen LogP contribution in [0.5, 0.6) is 0 Å². The summed E-state index contributed by atoms with van der Waals surface area (Å²) in [7, 11) is 1.70. The third-order valence-corrected chi connectivity index (χ3v) is 8.16. The van der Waals surface area contributed by atoms with Crippen LogP contribution in [0.3, 0.4) is 0 Å². The fourth-order valence-electron chi connectivity index (χ4n) is 5.74. The van der Waals surface area contributed by atoms with E-state index in [0.717, 1.165) is 46.4 Å². The van der Waals surface area contributed by atoms with Crippen LogP contribution < -0.4 is 16.2 Å². The number of hydrogen-bond donors (Lipinski definition) is 2. The minimum Gasteiger partial charge on any atom is -0.341 e. The Bertz CT molecular complexity index is 1840. The standard InChI is InChI=1S/C34H34N6O3/c1-22(33(42)37-27-14-11-23(12-15-27)25-17-19-39(2)31(41)21-25)36-34(43)26-13-16-28-29(20-26)38-40(30-10-6-7-18-35-30)32(28)24-8-4-3-5-9-24/h6-7,10-22,24H,3-5,8-9H2,1-2H3,(H,36,43)(H,37,42). The number of fused-ring (bicyclic) bond motifs is 1. The second-order valence-electron chi connectivity index (χ2n) is 11.2. The summed E-state index contributed by atoms with van der Waals surface area (Å²) in [6, 6.07) is 21.2. The molecular formula is C34H34N6O3. The van der Waals surface area contributed by atoms with Gasteiger partial charge in [0.2, 0.25) is 5.91 Å². The van der Waals surface area contributed by atoms with Crippen LogP contribution in [-0.2, 0) is 11.8 Å². The van der Waals surface area contributed by atoms with Crippen molar-refractivity contribution in [1.82, 2.24) is 24.6 Å². The number of benzene rings is 2. The molecule has 3 aromatic heterocycles. The zero-order valence-corrected chi connectivity index (χ0v) is 24.3. The molecular weight excluding hydrogens is 540 g/mol. The summed E-state index contributed by atoms with van der Waals surface area (Å²) < 4.78 is 3.44. The number of nitrogens with zero attached hydrogens (tertiary/aromatic N) is 4. The van der Waals surface area contributed by atoms with E-state index in [0.29, 0.717) is 17.2 Å². The number of aromatic nitrogens is 4. The first kappa shape index (κ1) is 28.1. The second kappa shape index (κ2) is 12.1. The van der Waals surface area contributed by atoms with Crippen molar-refractivity contribution in [3.63, 3.8) is 0 Å². The zero-order chi connectivity index (χ0) is 29.9. The van der Waals surface area contributed by atoms with E-state index in [2.05, 4.69) is 15.6 Å². The summed E-state index contributed by atoms with van der Waals surface area (Å²) in [5.41, 5.74) is 4.48. The molecule has 0 radical (unpaired) electrons. The van der Waals surface area contributed by atoms with Gasteiger partial charge in [0.05, 0.1) is 11.2 Å². The molecule has 1 aliphatic rings. The van der Waals surface area contributed by atoms with Crippen LogP contribution in [0.4, 0.5) is 5.69 Å². The number of nitrogens with one attached hydrogen (secondary N) is 2. The fraction of sp³-hybridized carbons (Fsp3) is 0.265. The highest BCUT2D eigenvalue weighted by Crippen LogP contribution is 2.37. The van der Waals surface area contributed by atoms with Crippen LogP contribution in [0.2, 0.25) is 0 Å². The summed E-state index contributed by atoms with van der Waals surface area (Å²) in [4.78, 5) is 42.6. The largest absolute Gasteiger partial charge is 0.341 e. The average molecular weight is 575 g/mol. The van der Waals surface area contributed by atoms with Crippen LogP contribution in [0.25, 0.3) is 27.8 Å². The second-order valence-corrected chi connectivity index (χ2v) is 11.2. The normalized spacial score (nSPS) is 14.4. The summed E-state index contributed by atoms with van der Waals surface area (Å²) in [6.45, 7) is 1.65. The highest BCUT2D eigenvalue weighted by atomic mass is 16.2. The maximum Gasteiger partial charge on any atom is 0.251 e. The molecule has 0 saturated heterocycles. The highest BCUT2D eigenvalue weighted by Gasteiger charge is 2.25. The third kappa shape index (κ3) is 5.97. The summed E-state index contributed by atoms with van der Waals surface area (Å²) >= 11 is 0. The monoisotopic (exact) mass is 574 g/mol. The molecule has 0 spiro atoms. The summed E-state index contributed by atoms with van der Waals surface area (Å²) in [5.74, 6) is 0.460. The lowest BCUT2D eigenvalue weighted by atomic mass is 9.85. The lowest BCUT2D eigenvalue weighted by molar-refractivity contribution is -0.117. The van der Waals surface area contributed by atoms with Crippen molar-refractivity contribution < 1.29 is 9.59 Å². The lowest BCUT2D eigenvalue weighted by Crippen LogP contribution is -2.41. The van der Waals surface area contributed by atoms with E-state index in [1.807, 2.05) is 47.1 Å². The Morgan fingerprint density at radius 3 is 2.44 bits per heavy atom. The number of hydrogen-bond acceptors (Lipinski definition) is 5. The Kier molecular flexibility index (Phi) is 7.87. The van der Waals surface area contributed by atoms with E-state index in [9.17, 15) is 14.4 Å². The van der Waals surface area contributed by atoms with Gasteiger partial charge >= 0.3 is 0 Å². The Morgan fingerprint density at radius 2 is 1.72 bits per heavy atom. The maximum absolute atomic E-state index is 13.2. The first-order chi connectivity index (χ1) is 20.9. The van der Waals surface area contributed by atoms with E-state index >= 15 is 0 Å². The highest BCUT2D eigenvalue weighted by molar-refractivity contribution is 6.02. The van der Waals surface area contributed by atoms with Gasteiger partial charge < -0.3 is 15.2 Å². The minimum atomic E-state index is -0.774. The number of amides is 2. The molecule has 9 nitrogen and oxygen atoms in total. The predicted molar refractivity (Wildman–Crippen MR) is 167 cm³/mol. The molecule has 43 heavy (non-hydrogen) atoms. The Morgan fingerprint density at radius 1 is 0.930 bits per heavy atom. The van der Waals surface area contributed by atoms with Crippen molar-refractivity contribution >= 4 is 28.4 Å². The molecule has 1 atom stereocenters. The van der Waals surface area contributed by atoms with E-state index in [-0.39, 0.29) is 17.4 Å². The number of anilines is 1. The van der Waals surface area contributed by atoms with E-state index in [1.54, 1.807) is 56.7 Å². The average Bonchev–Trinajstić information content (AvgIpc) is 3.42. The van der Waals surface area contributed by atoms with Crippen molar-refractivity contribution in [2.75, 3.05) is 5.32 Å². The van der Waals surface area contributed by atoms with Crippen molar-refractivity contribution in [2.24, 2.45) is 7.05 Å². The molecule has 1 saturated carbocycles. The molecule has 9 heteroatoms. The quantitative estimate of drug-likeness (QED) is 0.263. The Balaban J connectivity index is 1.16. The van der Waals surface area contributed by atoms with Gasteiger partial charge in [0.25, 0.3) is 11.5 Å². The molecule has 2 amide bonds. The van der Waals surface area contributed by atoms with E-state index in [1.165, 1.54) is 23.8 Å². The first-order valence-electron chi connectivity index (χ1n) is 14.7. The van der Waals surface area contributed by atoms with E-state index < -0.39 is 6.04 Å².